The molecule has 10 heteroatoms. The van der Waals surface area contributed by atoms with Gasteiger partial charge in [-0.15, -0.1) is 10.2 Å². The lowest BCUT2D eigenvalue weighted by Crippen LogP contribution is -2.32. The molecule has 0 aliphatic carbocycles. The van der Waals surface area contributed by atoms with E-state index in [0.717, 1.165) is 17.0 Å². The topological polar surface area (TPSA) is 96.1 Å². The number of nitrogens with one attached hydrogen (secondary N) is 1. The molecule has 4 aromatic rings. The Morgan fingerprint density at radius 2 is 1.80 bits per heavy atom. The zero-order valence-electron chi connectivity index (χ0n) is 20.1. The lowest BCUT2D eigenvalue weighted by Gasteiger charge is -2.20. The van der Waals surface area contributed by atoms with Crippen LogP contribution in [0, 0.1) is 6.92 Å². The number of hydrogen-bond acceptors (Lipinski definition) is 7. The van der Waals surface area contributed by atoms with Crippen LogP contribution in [-0.4, -0.2) is 50.2 Å². The molecular weight excluding hydrogens is 464 g/mol. The smallest absolute Gasteiger partial charge is 0.231 e. The maximum absolute atomic E-state index is 13.1. The predicted molar refractivity (Wildman–Crippen MR) is 134 cm³/mol. The first-order valence-corrected chi connectivity index (χ1v) is 12.0. The standard InChI is InChI=1S/C25H28N6O3S/c1-17-28-29-25(31(17)15-18-8-6-5-7-9-18)35-16-22(32)27-23(24-26-10-11-30(24)2)19-12-20(33-3)14-21(13-19)34-4/h5-14,23H,15-16H2,1-4H3,(H,27,32). The van der Waals surface area contributed by atoms with Crippen molar-refractivity contribution >= 4 is 17.7 Å². The van der Waals surface area contributed by atoms with Crippen LogP contribution in [0.5, 0.6) is 11.5 Å². The molecule has 2 aromatic carbocycles. The third-order valence-electron chi connectivity index (χ3n) is 5.55. The van der Waals surface area contributed by atoms with Crippen molar-refractivity contribution in [3.63, 3.8) is 0 Å². The minimum absolute atomic E-state index is 0.156. The van der Waals surface area contributed by atoms with Crippen molar-refractivity contribution in [1.82, 2.24) is 29.6 Å². The Morgan fingerprint density at radius 3 is 2.43 bits per heavy atom. The molecule has 0 radical (unpaired) electrons. The third-order valence-corrected chi connectivity index (χ3v) is 6.51. The van der Waals surface area contributed by atoms with Crippen molar-refractivity contribution in [3.05, 3.63) is 83.7 Å². The Labute approximate surface area is 208 Å². The van der Waals surface area contributed by atoms with E-state index < -0.39 is 6.04 Å². The molecule has 1 amide bonds. The quantitative estimate of drug-likeness (QED) is 0.339. The summed E-state index contributed by atoms with van der Waals surface area (Å²) in [6.07, 6.45) is 3.55. The molecule has 1 N–H and O–H groups in total. The number of nitrogens with zero attached hydrogens (tertiary/aromatic N) is 5. The highest BCUT2D eigenvalue weighted by molar-refractivity contribution is 7.99. The van der Waals surface area contributed by atoms with Gasteiger partial charge in [0.2, 0.25) is 5.91 Å². The fraction of sp³-hybridized carbons (Fsp3) is 0.280. The molecule has 0 saturated carbocycles. The molecule has 0 saturated heterocycles. The van der Waals surface area contributed by atoms with Crippen LogP contribution < -0.4 is 14.8 Å². The highest BCUT2D eigenvalue weighted by atomic mass is 32.2. The van der Waals surface area contributed by atoms with Gasteiger partial charge in [-0.1, -0.05) is 42.1 Å². The van der Waals surface area contributed by atoms with Gasteiger partial charge in [0.1, 0.15) is 29.2 Å². The van der Waals surface area contributed by atoms with Crippen LogP contribution in [0.4, 0.5) is 0 Å². The highest BCUT2D eigenvalue weighted by Crippen LogP contribution is 2.29. The Balaban J connectivity index is 1.52. The summed E-state index contributed by atoms with van der Waals surface area (Å²) in [4.78, 5) is 17.6. The fourth-order valence-electron chi connectivity index (χ4n) is 3.70. The highest BCUT2D eigenvalue weighted by Gasteiger charge is 2.23. The van der Waals surface area contributed by atoms with Crippen LogP contribution in [0.1, 0.15) is 28.8 Å². The van der Waals surface area contributed by atoms with Gasteiger partial charge in [-0.2, -0.15) is 0 Å². The van der Waals surface area contributed by atoms with Gasteiger partial charge >= 0.3 is 0 Å². The molecular formula is C25H28N6O3S. The van der Waals surface area contributed by atoms with Crippen LogP contribution in [0.15, 0.2) is 66.1 Å². The Morgan fingerprint density at radius 1 is 1.09 bits per heavy atom. The van der Waals surface area contributed by atoms with Gasteiger partial charge < -0.3 is 23.9 Å². The van der Waals surface area contributed by atoms with Crippen molar-refractivity contribution in [1.29, 1.82) is 0 Å². The monoisotopic (exact) mass is 492 g/mol. The minimum atomic E-state index is -0.490. The lowest BCUT2D eigenvalue weighted by atomic mass is 10.0. The Kier molecular flexibility index (Phi) is 7.71. The molecule has 0 aliphatic rings. The molecule has 1 atom stereocenters. The van der Waals surface area contributed by atoms with Crippen LogP contribution >= 0.6 is 11.8 Å². The van der Waals surface area contributed by atoms with E-state index in [4.69, 9.17) is 9.47 Å². The number of hydrogen-bond donors (Lipinski definition) is 1. The van der Waals surface area contributed by atoms with Gasteiger partial charge in [0.05, 0.1) is 26.5 Å². The summed E-state index contributed by atoms with van der Waals surface area (Å²) in [6.45, 7) is 2.55. The van der Waals surface area contributed by atoms with E-state index in [1.54, 1.807) is 26.5 Å². The first-order chi connectivity index (χ1) is 17.0. The van der Waals surface area contributed by atoms with E-state index in [1.807, 2.05) is 59.6 Å². The molecule has 2 heterocycles. The number of carbonyl (C=O) groups excluding carboxylic acids is 1. The van der Waals surface area contributed by atoms with Crippen LogP contribution in [0.2, 0.25) is 0 Å². The van der Waals surface area contributed by atoms with E-state index in [2.05, 4.69) is 32.6 Å². The summed E-state index contributed by atoms with van der Waals surface area (Å²) in [6, 6.07) is 15.1. The SMILES string of the molecule is COc1cc(OC)cc(C(NC(=O)CSc2nnc(C)n2Cc2ccccc2)c2nccn2C)c1. The number of imidazole rings is 1. The maximum atomic E-state index is 13.1. The molecule has 9 nitrogen and oxygen atoms in total. The van der Waals surface area contributed by atoms with E-state index in [0.29, 0.717) is 29.0 Å². The van der Waals surface area contributed by atoms with Crippen molar-refractivity contribution in [2.75, 3.05) is 20.0 Å². The molecule has 182 valence electrons. The van der Waals surface area contributed by atoms with Gasteiger partial charge in [0, 0.05) is 25.5 Å². The van der Waals surface area contributed by atoms with E-state index in [9.17, 15) is 4.79 Å². The number of methoxy groups -OCH3 is 2. The van der Waals surface area contributed by atoms with Crippen LogP contribution in [0.3, 0.4) is 0 Å². The van der Waals surface area contributed by atoms with Gasteiger partial charge in [-0.05, 0) is 30.2 Å². The summed E-state index contributed by atoms with van der Waals surface area (Å²) in [5.41, 5.74) is 1.94. The largest absolute Gasteiger partial charge is 0.497 e. The van der Waals surface area contributed by atoms with E-state index in [1.165, 1.54) is 11.8 Å². The molecule has 1 unspecified atom stereocenters. The van der Waals surface area contributed by atoms with E-state index >= 15 is 0 Å². The number of carbonyl (C=O) groups is 1. The number of ether oxygens (including phenoxy) is 2. The maximum Gasteiger partial charge on any atom is 0.231 e. The second-order valence-electron chi connectivity index (χ2n) is 7.93. The first-order valence-electron chi connectivity index (χ1n) is 11.0. The fourth-order valence-corrected chi connectivity index (χ4v) is 4.49. The zero-order valence-corrected chi connectivity index (χ0v) is 21.0. The molecule has 0 aliphatic heterocycles. The second-order valence-corrected chi connectivity index (χ2v) is 8.88. The Bertz CT molecular complexity index is 1270. The normalized spacial score (nSPS) is 11.8. The van der Waals surface area contributed by atoms with Crippen molar-refractivity contribution in [3.8, 4) is 11.5 Å². The summed E-state index contributed by atoms with van der Waals surface area (Å²) in [7, 11) is 5.08. The third kappa shape index (κ3) is 5.83. The lowest BCUT2D eigenvalue weighted by molar-refractivity contribution is -0.119. The molecule has 35 heavy (non-hydrogen) atoms. The predicted octanol–water partition coefficient (Wildman–Crippen LogP) is 3.38. The number of aryl methyl sites for hydroxylation is 2. The second kappa shape index (κ2) is 11.1. The number of amides is 1. The molecule has 0 bridgehead atoms. The van der Waals surface area contributed by atoms with Gasteiger partial charge in [-0.25, -0.2) is 4.98 Å². The van der Waals surface area contributed by atoms with Crippen molar-refractivity contribution < 1.29 is 14.3 Å². The summed E-state index contributed by atoms with van der Waals surface area (Å²) in [5, 5.41) is 12.3. The first kappa shape index (κ1) is 24.3. The van der Waals surface area contributed by atoms with Crippen LogP contribution in [0.25, 0.3) is 0 Å². The van der Waals surface area contributed by atoms with Gasteiger partial charge in [-0.3, -0.25) is 4.79 Å². The average molecular weight is 493 g/mol. The van der Waals surface area contributed by atoms with Crippen LogP contribution in [-0.2, 0) is 18.4 Å². The zero-order chi connectivity index (χ0) is 24.8. The molecule has 2 aromatic heterocycles. The molecule has 0 spiro atoms. The Hall–Kier alpha value is -3.79. The number of aromatic nitrogens is 5. The summed E-state index contributed by atoms with van der Waals surface area (Å²) < 4.78 is 14.7. The van der Waals surface area contributed by atoms with Gasteiger partial charge in [0.25, 0.3) is 0 Å². The van der Waals surface area contributed by atoms with E-state index in [-0.39, 0.29) is 11.7 Å². The number of thioether (sulfide) groups is 1. The van der Waals surface area contributed by atoms with Crippen molar-refractivity contribution in [2.45, 2.75) is 24.7 Å². The minimum Gasteiger partial charge on any atom is -0.497 e. The number of rotatable bonds is 10. The molecule has 4 rings (SSSR count). The van der Waals surface area contributed by atoms with Gasteiger partial charge in [0.15, 0.2) is 5.16 Å². The summed E-state index contributed by atoms with van der Waals surface area (Å²) >= 11 is 1.35. The molecule has 0 fully saturated rings. The summed E-state index contributed by atoms with van der Waals surface area (Å²) in [5.74, 6) is 2.78. The average Bonchev–Trinajstić information content (AvgIpc) is 3.46. The number of benzene rings is 2. The van der Waals surface area contributed by atoms with Crippen molar-refractivity contribution in [2.24, 2.45) is 7.05 Å².